The number of carbonyl (C=O) groups is 2. The standard InChI is InChI=1S/C6H8N2O2/c9-5-3-7-6(10)4-1-2-8(4)5/h4H,1-3H2,(H,7,10)/t4-/m1/s1. The Morgan fingerprint density at radius 2 is 2.30 bits per heavy atom. The van der Waals surface area contributed by atoms with E-state index >= 15 is 0 Å². The van der Waals surface area contributed by atoms with Crippen LogP contribution in [0.2, 0.25) is 0 Å². The van der Waals surface area contributed by atoms with Crippen LogP contribution >= 0.6 is 0 Å². The highest BCUT2D eigenvalue weighted by Crippen LogP contribution is 2.19. The molecule has 0 aromatic heterocycles. The van der Waals surface area contributed by atoms with Crippen molar-refractivity contribution >= 4 is 11.8 Å². The third kappa shape index (κ3) is 0.558. The van der Waals surface area contributed by atoms with Gasteiger partial charge in [0.1, 0.15) is 6.04 Å². The van der Waals surface area contributed by atoms with Gasteiger partial charge in [-0.25, -0.2) is 0 Å². The third-order valence-corrected chi connectivity index (χ3v) is 2.06. The fourth-order valence-corrected chi connectivity index (χ4v) is 1.34. The molecule has 0 spiro atoms. The highest BCUT2D eigenvalue weighted by atomic mass is 16.2. The first kappa shape index (κ1) is 5.70. The first-order chi connectivity index (χ1) is 4.79. The van der Waals surface area contributed by atoms with Crippen LogP contribution in [0.15, 0.2) is 0 Å². The van der Waals surface area contributed by atoms with Gasteiger partial charge in [0.25, 0.3) is 0 Å². The second-order valence-corrected chi connectivity index (χ2v) is 2.61. The molecule has 0 saturated carbocycles. The van der Waals surface area contributed by atoms with E-state index in [4.69, 9.17) is 0 Å². The third-order valence-electron chi connectivity index (χ3n) is 2.06. The number of nitrogens with zero attached hydrogens (tertiary/aromatic N) is 1. The van der Waals surface area contributed by atoms with E-state index in [1.165, 1.54) is 0 Å². The van der Waals surface area contributed by atoms with Gasteiger partial charge in [-0.3, -0.25) is 9.59 Å². The Labute approximate surface area is 58.2 Å². The van der Waals surface area contributed by atoms with Gasteiger partial charge >= 0.3 is 0 Å². The Balaban J connectivity index is 2.16. The monoisotopic (exact) mass is 140 g/mol. The second-order valence-electron chi connectivity index (χ2n) is 2.61. The smallest absolute Gasteiger partial charge is 0.243 e. The van der Waals surface area contributed by atoms with E-state index in [-0.39, 0.29) is 24.4 Å². The zero-order chi connectivity index (χ0) is 7.14. The van der Waals surface area contributed by atoms with Gasteiger partial charge in [0, 0.05) is 6.54 Å². The average molecular weight is 140 g/mol. The molecule has 2 aliphatic heterocycles. The second kappa shape index (κ2) is 1.71. The predicted molar refractivity (Wildman–Crippen MR) is 33.1 cm³/mol. The zero-order valence-corrected chi connectivity index (χ0v) is 5.46. The number of hydrogen-bond acceptors (Lipinski definition) is 2. The lowest BCUT2D eigenvalue weighted by molar-refractivity contribution is -0.152. The van der Waals surface area contributed by atoms with Crippen molar-refractivity contribution in [2.75, 3.05) is 13.1 Å². The van der Waals surface area contributed by atoms with Gasteiger partial charge in [-0.05, 0) is 6.42 Å². The molecule has 0 radical (unpaired) electrons. The fourth-order valence-electron chi connectivity index (χ4n) is 1.34. The average Bonchev–Trinajstić information content (AvgIpc) is 1.78. The van der Waals surface area contributed by atoms with Gasteiger partial charge in [0.2, 0.25) is 11.8 Å². The highest BCUT2D eigenvalue weighted by molar-refractivity contribution is 5.96. The maximum absolute atomic E-state index is 10.9. The molecule has 2 heterocycles. The summed E-state index contributed by atoms with van der Waals surface area (Å²) in [6.07, 6.45) is 0.831. The van der Waals surface area contributed by atoms with Crippen molar-refractivity contribution in [2.24, 2.45) is 0 Å². The summed E-state index contributed by atoms with van der Waals surface area (Å²) in [7, 11) is 0. The summed E-state index contributed by atoms with van der Waals surface area (Å²) in [6, 6.07) is -0.138. The molecule has 2 rings (SSSR count). The predicted octanol–water partition coefficient (Wildman–Crippen LogP) is -1.28. The fraction of sp³-hybridized carbons (Fsp3) is 0.667. The van der Waals surface area contributed by atoms with Crippen molar-refractivity contribution in [1.82, 2.24) is 10.2 Å². The van der Waals surface area contributed by atoms with E-state index in [1.54, 1.807) is 4.90 Å². The van der Waals surface area contributed by atoms with Crippen molar-refractivity contribution in [3.8, 4) is 0 Å². The van der Waals surface area contributed by atoms with Crippen LogP contribution in [0.5, 0.6) is 0 Å². The van der Waals surface area contributed by atoms with Crippen LogP contribution in [-0.2, 0) is 9.59 Å². The highest BCUT2D eigenvalue weighted by Gasteiger charge is 2.40. The summed E-state index contributed by atoms with van der Waals surface area (Å²) >= 11 is 0. The van der Waals surface area contributed by atoms with E-state index < -0.39 is 0 Å². The van der Waals surface area contributed by atoms with Crippen LogP contribution in [0, 0.1) is 0 Å². The molecule has 2 fully saturated rings. The summed E-state index contributed by atoms with van der Waals surface area (Å²) in [6.45, 7) is 0.951. The molecule has 4 nitrogen and oxygen atoms in total. The van der Waals surface area contributed by atoms with E-state index in [2.05, 4.69) is 5.32 Å². The van der Waals surface area contributed by atoms with E-state index in [9.17, 15) is 9.59 Å². The number of hydrogen-bond donors (Lipinski definition) is 1. The van der Waals surface area contributed by atoms with Crippen LogP contribution in [0.25, 0.3) is 0 Å². The summed E-state index contributed by atoms with van der Waals surface area (Å²) in [5.74, 6) is 0.0571. The Bertz CT molecular complexity index is 180. The van der Waals surface area contributed by atoms with Gasteiger partial charge in [-0.2, -0.15) is 0 Å². The molecule has 4 heteroatoms. The van der Waals surface area contributed by atoms with Gasteiger partial charge in [-0.1, -0.05) is 0 Å². The Hall–Kier alpha value is -1.06. The summed E-state index contributed by atoms with van der Waals surface area (Å²) in [5, 5.41) is 2.53. The summed E-state index contributed by atoms with van der Waals surface area (Å²) in [4.78, 5) is 23.4. The number of rotatable bonds is 0. The molecule has 2 aliphatic rings. The van der Waals surface area contributed by atoms with Crippen LogP contribution < -0.4 is 5.32 Å². The van der Waals surface area contributed by atoms with Gasteiger partial charge in [0.05, 0.1) is 6.54 Å². The van der Waals surface area contributed by atoms with Crippen LogP contribution in [0.3, 0.4) is 0 Å². The molecule has 10 heavy (non-hydrogen) atoms. The first-order valence-electron chi connectivity index (χ1n) is 3.36. The van der Waals surface area contributed by atoms with E-state index in [1.807, 2.05) is 0 Å². The number of carbonyl (C=O) groups excluding carboxylic acids is 2. The lowest BCUT2D eigenvalue weighted by Gasteiger charge is -2.42. The van der Waals surface area contributed by atoms with Crippen LogP contribution in [0.4, 0.5) is 0 Å². The molecular formula is C6H8N2O2. The van der Waals surface area contributed by atoms with Crippen molar-refractivity contribution < 1.29 is 9.59 Å². The maximum atomic E-state index is 10.9. The van der Waals surface area contributed by atoms with E-state index in [0.29, 0.717) is 0 Å². The minimum atomic E-state index is -0.138. The Kier molecular flexibility index (Phi) is 0.977. The van der Waals surface area contributed by atoms with Gasteiger partial charge < -0.3 is 10.2 Å². The Morgan fingerprint density at radius 3 is 2.80 bits per heavy atom. The molecule has 2 amide bonds. The number of nitrogens with one attached hydrogen (secondary N) is 1. The minimum absolute atomic E-state index is 0.00542. The van der Waals surface area contributed by atoms with Crippen molar-refractivity contribution in [3.05, 3.63) is 0 Å². The van der Waals surface area contributed by atoms with Crippen molar-refractivity contribution in [1.29, 1.82) is 0 Å². The first-order valence-corrected chi connectivity index (χ1v) is 3.36. The van der Waals surface area contributed by atoms with E-state index in [0.717, 1.165) is 13.0 Å². The molecule has 1 atom stereocenters. The molecule has 0 unspecified atom stereocenters. The van der Waals surface area contributed by atoms with Gasteiger partial charge in [-0.15, -0.1) is 0 Å². The minimum Gasteiger partial charge on any atom is -0.345 e. The molecular weight excluding hydrogens is 132 g/mol. The molecule has 54 valence electrons. The largest absolute Gasteiger partial charge is 0.345 e. The quantitative estimate of drug-likeness (QED) is 0.455. The molecule has 1 N–H and O–H groups in total. The lowest BCUT2D eigenvalue weighted by atomic mass is 10.00. The Morgan fingerprint density at radius 1 is 1.50 bits per heavy atom. The van der Waals surface area contributed by atoms with Crippen molar-refractivity contribution in [3.63, 3.8) is 0 Å². The zero-order valence-electron chi connectivity index (χ0n) is 5.46. The number of piperazine rings is 1. The number of amides is 2. The summed E-state index contributed by atoms with van der Waals surface area (Å²) in [5.41, 5.74) is 0. The topological polar surface area (TPSA) is 49.4 Å². The molecule has 0 aromatic carbocycles. The maximum Gasteiger partial charge on any atom is 0.243 e. The van der Waals surface area contributed by atoms with Crippen LogP contribution in [0.1, 0.15) is 6.42 Å². The SMILES string of the molecule is O=C1NCC(=O)N2CC[C@H]12. The van der Waals surface area contributed by atoms with Crippen molar-refractivity contribution in [2.45, 2.75) is 12.5 Å². The normalized spacial score (nSPS) is 30.8. The lowest BCUT2D eigenvalue weighted by Crippen LogP contribution is -2.65. The summed E-state index contributed by atoms with van der Waals surface area (Å²) < 4.78 is 0. The molecule has 2 saturated heterocycles. The van der Waals surface area contributed by atoms with Gasteiger partial charge in [0.15, 0.2) is 0 Å². The number of fused-ring (bicyclic) bond motifs is 1. The molecule has 0 aromatic rings. The van der Waals surface area contributed by atoms with Crippen LogP contribution in [-0.4, -0.2) is 35.8 Å². The molecule has 0 bridgehead atoms. The molecule has 0 aliphatic carbocycles.